The number of rotatable bonds is 1. The van der Waals surface area contributed by atoms with Crippen molar-refractivity contribution in [2.45, 2.75) is 6.92 Å². The van der Waals surface area contributed by atoms with E-state index in [1.165, 1.54) is 5.56 Å². The van der Waals surface area contributed by atoms with E-state index in [-0.39, 0.29) is 31.1 Å². The van der Waals surface area contributed by atoms with Gasteiger partial charge >= 0.3 is 0 Å². The number of aromatic nitrogens is 2. The second kappa shape index (κ2) is 4.77. The Kier molecular flexibility index (Phi) is 3.91. The molecule has 14 heavy (non-hydrogen) atoms. The summed E-state index contributed by atoms with van der Waals surface area (Å²) in [5, 5.41) is 5.26. The second-order valence-corrected chi connectivity index (χ2v) is 2.94. The van der Waals surface area contributed by atoms with Crippen molar-refractivity contribution in [2.24, 2.45) is 4.99 Å². The van der Waals surface area contributed by atoms with Crippen molar-refractivity contribution < 1.29 is 31.1 Å². The number of hydrogen-bond acceptors (Lipinski definition) is 2. The molecule has 0 atom stereocenters. The predicted octanol–water partition coefficient (Wildman–Crippen LogP) is 1.73. The van der Waals surface area contributed by atoms with Crippen molar-refractivity contribution >= 4 is 17.2 Å². The fourth-order valence-electron chi connectivity index (χ4n) is 1.33. The van der Waals surface area contributed by atoms with Crippen LogP contribution in [0.4, 0.5) is 0 Å². The molecule has 4 heteroatoms. The molecule has 0 N–H and O–H groups in total. The standard InChI is InChI=1S/C10H10N3.U/c1-8-3-4-10-9(5-8)6-12-13(10)7-11-2;/h3-6H,1-2H3;/q-1;. The number of fused-ring (bicyclic) bond motifs is 1. The minimum absolute atomic E-state index is 0. The third-order valence-electron chi connectivity index (χ3n) is 1.92. The second-order valence-electron chi connectivity index (χ2n) is 2.94. The van der Waals surface area contributed by atoms with E-state index in [9.17, 15) is 0 Å². The van der Waals surface area contributed by atoms with Crippen molar-refractivity contribution in [3.05, 3.63) is 30.0 Å². The maximum atomic E-state index is 4.14. The molecule has 0 aliphatic heterocycles. The summed E-state index contributed by atoms with van der Waals surface area (Å²) >= 11 is 0. The Labute approximate surface area is 107 Å². The van der Waals surface area contributed by atoms with E-state index in [4.69, 9.17) is 0 Å². The summed E-state index contributed by atoms with van der Waals surface area (Å²) in [5.74, 6) is 0. The first-order chi connectivity index (χ1) is 6.31. The summed E-state index contributed by atoms with van der Waals surface area (Å²) < 4.78 is 1.65. The molecule has 0 saturated carbocycles. The van der Waals surface area contributed by atoms with Gasteiger partial charge in [-0.25, -0.2) is 5.10 Å². The van der Waals surface area contributed by atoms with Gasteiger partial charge in [0.05, 0.1) is 0 Å². The zero-order chi connectivity index (χ0) is 9.26. The first-order valence-electron chi connectivity index (χ1n) is 4.10. The third-order valence-corrected chi connectivity index (χ3v) is 1.92. The number of nitrogens with zero attached hydrogens (tertiary/aromatic N) is 3. The Balaban J connectivity index is 0.000000980. The zero-order valence-corrected chi connectivity index (χ0v) is 12.3. The Morgan fingerprint density at radius 2 is 2.21 bits per heavy atom. The summed E-state index contributed by atoms with van der Waals surface area (Å²) in [6.45, 7) is 2.06. The summed E-state index contributed by atoms with van der Waals surface area (Å²) in [4.78, 5) is 3.80. The summed E-state index contributed by atoms with van der Waals surface area (Å²) in [5.41, 5.74) is 2.27. The molecule has 0 amide bonds. The van der Waals surface area contributed by atoms with Crippen LogP contribution < -0.4 is 0 Å². The summed E-state index contributed by atoms with van der Waals surface area (Å²) in [6.07, 6.45) is 4.60. The van der Waals surface area contributed by atoms with E-state index in [1.807, 2.05) is 12.3 Å². The summed E-state index contributed by atoms with van der Waals surface area (Å²) in [6, 6.07) is 6.17. The Morgan fingerprint density at radius 3 is 2.93 bits per heavy atom. The van der Waals surface area contributed by atoms with Crippen molar-refractivity contribution in [2.75, 3.05) is 7.05 Å². The molecule has 0 radical (unpaired) electrons. The van der Waals surface area contributed by atoms with Crippen LogP contribution in [0.5, 0.6) is 0 Å². The number of aryl methyl sites for hydroxylation is 1. The van der Waals surface area contributed by atoms with Crippen LogP contribution in [-0.2, 0) is 0 Å². The van der Waals surface area contributed by atoms with Gasteiger partial charge in [0, 0.05) is 44.4 Å². The molecule has 0 bridgehead atoms. The number of benzene rings is 1. The van der Waals surface area contributed by atoms with E-state index >= 15 is 0 Å². The van der Waals surface area contributed by atoms with Gasteiger partial charge in [0.1, 0.15) is 0 Å². The van der Waals surface area contributed by atoms with Crippen LogP contribution in [0.1, 0.15) is 5.56 Å². The smallest absolute Gasteiger partial charge is 0.0359 e. The molecule has 1 aromatic carbocycles. The van der Waals surface area contributed by atoms with E-state index < -0.39 is 0 Å². The van der Waals surface area contributed by atoms with Crippen LogP contribution in [0.15, 0.2) is 29.4 Å². The molecule has 1 aromatic heterocycles. The fraction of sp³-hybridized carbons (Fsp3) is 0.200. The van der Waals surface area contributed by atoms with E-state index in [1.54, 1.807) is 11.7 Å². The maximum absolute atomic E-state index is 4.14. The SMILES string of the molecule is CN=[C-]n1ncc2cc(C)ccc21.[U]. The Bertz CT molecular complexity index is 459. The Hall–Kier alpha value is -0.588. The van der Waals surface area contributed by atoms with Gasteiger partial charge in [-0.1, -0.05) is 28.6 Å². The summed E-state index contributed by atoms with van der Waals surface area (Å²) in [7, 11) is 1.68. The Morgan fingerprint density at radius 1 is 1.43 bits per heavy atom. The topological polar surface area (TPSA) is 30.2 Å². The van der Waals surface area contributed by atoms with Gasteiger partial charge in [-0.3, -0.25) is 0 Å². The predicted molar refractivity (Wildman–Crippen MR) is 53.2 cm³/mol. The van der Waals surface area contributed by atoms with Gasteiger partial charge in [0.2, 0.25) is 0 Å². The molecule has 1 heterocycles. The molecule has 3 nitrogen and oxygen atoms in total. The zero-order valence-electron chi connectivity index (χ0n) is 8.15. The van der Waals surface area contributed by atoms with Crippen LogP contribution in [0.2, 0.25) is 0 Å². The number of aliphatic imine (C=N–C) groups is 1. The van der Waals surface area contributed by atoms with E-state index in [0.29, 0.717) is 0 Å². The number of hydrogen-bond donors (Lipinski definition) is 0. The van der Waals surface area contributed by atoms with Gasteiger partial charge in [0.15, 0.2) is 0 Å². The van der Waals surface area contributed by atoms with Crippen molar-refractivity contribution in [3.63, 3.8) is 0 Å². The first kappa shape index (κ1) is 11.5. The van der Waals surface area contributed by atoms with Crippen LogP contribution in [0.25, 0.3) is 10.9 Å². The largest absolute Gasteiger partial charge is 0.385 e. The van der Waals surface area contributed by atoms with Gasteiger partial charge in [-0.15, -0.1) is 6.07 Å². The molecule has 0 spiro atoms. The van der Waals surface area contributed by atoms with Crippen LogP contribution in [0, 0.1) is 38.0 Å². The van der Waals surface area contributed by atoms with Crippen molar-refractivity contribution in [1.82, 2.24) is 9.78 Å². The minimum Gasteiger partial charge on any atom is -0.385 e. The first-order valence-corrected chi connectivity index (χ1v) is 4.10. The van der Waals surface area contributed by atoms with Gasteiger partial charge < -0.3 is 9.67 Å². The van der Waals surface area contributed by atoms with Gasteiger partial charge in [-0.05, 0) is 13.3 Å². The molecular formula is C10H10N3U-. The van der Waals surface area contributed by atoms with Crippen LogP contribution >= 0.6 is 0 Å². The monoisotopic (exact) mass is 410 g/mol. The molecule has 0 aliphatic carbocycles. The molecule has 0 aliphatic rings. The van der Waals surface area contributed by atoms with Crippen LogP contribution in [0.3, 0.4) is 0 Å². The molecule has 2 rings (SSSR count). The quantitative estimate of drug-likeness (QED) is 0.400. The van der Waals surface area contributed by atoms with Gasteiger partial charge in [0.25, 0.3) is 0 Å². The average molecular weight is 410 g/mol. The van der Waals surface area contributed by atoms with Crippen molar-refractivity contribution in [1.29, 1.82) is 0 Å². The molecule has 0 saturated heterocycles. The molecule has 70 valence electrons. The van der Waals surface area contributed by atoms with E-state index in [2.05, 4.69) is 35.5 Å². The normalized spacial score (nSPS) is 10.7. The van der Waals surface area contributed by atoms with Crippen LogP contribution in [-0.4, -0.2) is 23.2 Å². The molecule has 0 unspecified atom stereocenters. The average Bonchev–Trinajstić information content (AvgIpc) is 2.49. The van der Waals surface area contributed by atoms with E-state index in [0.717, 1.165) is 10.9 Å². The maximum Gasteiger partial charge on any atom is 0.0359 e. The molecule has 2 aromatic rings. The molecular weight excluding hydrogens is 400 g/mol. The fourth-order valence-corrected chi connectivity index (χ4v) is 1.33. The van der Waals surface area contributed by atoms with Crippen molar-refractivity contribution in [3.8, 4) is 0 Å². The minimum atomic E-state index is 0. The third kappa shape index (κ3) is 2.08. The molecule has 0 fully saturated rings. The van der Waals surface area contributed by atoms with Gasteiger partial charge in [-0.2, -0.15) is 0 Å².